The number of phenolic OH excluding ortho intramolecular Hbond substituents is 1. The molecule has 3 nitrogen and oxygen atoms in total. The van der Waals surface area contributed by atoms with Gasteiger partial charge in [-0.1, -0.05) is 18.2 Å². The van der Waals surface area contributed by atoms with E-state index < -0.39 is 17.6 Å². The molecule has 0 unspecified atom stereocenters. The Morgan fingerprint density at radius 1 is 1.05 bits per heavy atom. The number of carbonyl (C=O) groups is 1. The Morgan fingerprint density at radius 3 is 2.40 bits per heavy atom. The molecule has 0 aliphatic rings. The van der Waals surface area contributed by atoms with Gasteiger partial charge in [-0.2, -0.15) is 13.2 Å². The van der Waals surface area contributed by atoms with Gasteiger partial charge < -0.3 is 10.4 Å². The molecule has 0 saturated heterocycles. The van der Waals surface area contributed by atoms with E-state index in [0.29, 0.717) is 0 Å². The zero-order chi connectivity index (χ0) is 14.8. The normalized spacial score (nSPS) is 11.2. The molecule has 2 N–H and O–H groups in total. The zero-order valence-corrected chi connectivity index (χ0v) is 10.1. The molecule has 0 fully saturated rings. The fourth-order valence-electron chi connectivity index (χ4n) is 1.64. The van der Waals surface area contributed by atoms with Crippen molar-refractivity contribution in [3.63, 3.8) is 0 Å². The summed E-state index contributed by atoms with van der Waals surface area (Å²) in [4.78, 5) is 11.8. The van der Waals surface area contributed by atoms with Gasteiger partial charge in [-0.3, -0.25) is 4.79 Å². The van der Waals surface area contributed by atoms with E-state index in [1.54, 1.807) is 6.07 Å². The van der Waals surface area contributed by atoms with E-state index >= 15 is 0 Å². The van der Waals surface area contributed by atoms with Crippen LogP contribution in [0.25, 0.3) is 0 Å². The molecule has 2 rings (SSSR count). The Morgan fingerprint density at radius 2 is 1.75 bits per heavy atom. The van der Waals surface area contributed by atoms with Crippen LogP contribution >= 0.6 is 0 Å². The minimum atomic E-state index is -4.48. The molecular formula is C14H10F3NO2. The van der Waals surface area contributed by atoms with Crippen LogP contribution in [0.1, 0.15) is 15.9 Å². The van der Waals surface area contributed by atoms with Gasteiger partial charge in [0.15, 0.2) is 0 Å². The SMILES string of the molecule is O=C(Nc1cccc(C(F)(F)F)c1)c1ccccc1O. The Bertz CT molecular complexity index is 638. The van der Waals surface area contributed by atoms with Gasteiger partial charge in [0.2, 0.25) is 0 Å². The van der Waals surface area contributed by atoms with Crippen molar-refractivity contribution in [2.45, 2.75) is 6.18 Å². The van der Waals surface area contributed by atoms with Crippen molar-refractivity contribution in [3.05, 3.63) is 59.7 Å². The molecular weight excluding hydrogens is 271 g/mol. The highest BCUT2D eigenvalue weighted by atomic mass is 19.4. The number of aromatic hydroxyl groups is 1. The summed E-state index contributed by atoms with van der Waals surface area (Å²) in [6, 6.07) is 10.1. The smallest absolute Gasteiger partial charge is 0.416 e. The van der Waals surface area contributed by atoms with Crippen molar-refractivity contribution in [2.24, 2.45) is 0 Å². The molecule has 20 heavy (non-hydrogen) atoms. The average molecular weight is 281 g/mol. The van der Waals surface area contributed by atoms with E-state index in [9.17, 15) is 23.1 Å². The summed E-state index contributed by atoms with van der Waals surface area (Å²) < 4.78 is 37.6. The number of rotatable bonds is 2. The largest absolute Gasteiger partial charge is 0.507 e. The third-order valence-corrected chi connectivity index (χ3v) is 2.60. The first-order chi connectivity index (χ1) is 9.38. The molecule has 104 valence electrons. The highest BCUT2D eigenvalue weighted by Crippen LogP contribution is 2.30. The Hall–Kier alpha value is -2.50. The zero-order valence-electron chi connectivity index (χ0n) is 10.1. The lowest BCUT2D eigenvalue weighted by Crippen LogP contribution is -2.13. The van der Waals surface area contributed by atoms with E-state index in [1.807, 2.05) is 0 Å². The van der Waals surface area contributed by atoms with Crippen molar-refractivity contribution < 1.29 is 23.1 Å². The molecule has 0 radical (unpaired) electrons. The maximum atomic E-state index is 12.5. The summed E-state index contributed by atoms with van der Waals surface area (Å²) in [5.41, 5.74) is -0.856. The summed E-state index contributed by atoms with van der Waals surface area (Å²) in [7, 11) is 0. The number of phenols is 1. The van der Waals surface area contributed by atoms with Gasteiger partial charge in [-0.05, 0) is 30.3 Å². The van der Waals surface area contributed by atoms with Gasteiger partial charge in [0.25, 0.3) is 5.91 Å². The number of amides is 1. The molecule has 1 amide bonds. The molecule has 2 aromatic carbocycles. The van der Waals surface area contributed by atoms with Crippen LogP contribution in [0.2, 0.25) is 0 Å². The van der Waals surface area contributed by atoms with Crippen molar-refractivity contribution in [2.75, 3.05) is 5.32 Å². The van der Waals surface area contributed by atoms with Crippen molar-refractivity contribution >= 4 is 11.6 Å². The summed E-state index contributed by atoms with van der Waals surface area (Å²) >= 11 is 0. The second kappa shape index (κ2) is 5.24. The minimum Gasteiger partial charge on any atom is -0.507 e. The third kappa shape index (κ3) is 3.09. The van der Waals surface area contributed by atoms with Gasteiger partial charge in [0.1, 0.15) is 5.75 Å². The van der Waals surface area contributed by atoms with E-state index in [1.165, 1.54) is 30.3 Å². The fourth-order valence-corrected chi connectivity index (χ4v) is 1.64. The second-order valence-corrected chi connectivity index (χ2v) is 4.05. The molecule has 0 atom stereocenters. The van der Waals surface area contributed by atoms with Crippen LogP contribution in [0.4, 0.5) is 18.9 Å². The number of hydrogen-bond donors (Lipinski definition) is 2. The van der Waals surface area contributed by atoms with Gasteiger partial charge in [-0.15, -0.1) is 0 Å². The van der Waals surface area contributed by atoms with Crippen LogP contribution in [0, 0.1) is 0 Å². The molecule has 0 saturated carbocycles. The number of carbonyl (C=O) groups excluding carboxylic acids is 1. The van der Waals surface area contributed by atoms with Crippen LogP contribution < -0.4 is 5.32 Å². The molecule has 6 heteroatoms. The molecule has 0 heterocycles. The van der Waals surface area contributed by atoms with Crippen LogP contribution in [0.5, 0.6) is 5.75 Å². The van der Waals surface area contributed by atoms with Gasteiger partial charge >= 0.3 is 6.18 Å². The quantitative estimate of drug-likeness (QED) is 0.882. The Labute approximate surface area is 112 Å². The summed E-state index contributed by atoms with van der Waals surface area (Å²) in [6.45, 7) is 0. The number of para-hydroxylation sites is 1. The number of anilines is 1. The molecule has 0 aliphatic carbocycles. The third-order valence-electron chi connectivity index (χ3n) is 2.60. The first-order valence-electron chi connectivity index (χ1n) is 5.64. The Kier molecular flexibility index (Phi) is 3.65. The first kappa shape index (κ1) is 13.9. The van der Waals surface area contributed by atoms with E-state index in [4.69, 9.17) is 0 Å². The Balaban J connectivity index is 2.23. The van der Waals surface area contributed by atoms with Crippen LogP contribution in [0.15, 0.2) is 48.5 Å². The predicted molar refractivity (Wildman–Crippen MR) is 67.5 cm³/mol. The summed E-state index contributed by atoms with van der Waals surface area (Å²) in [5, 5.41) is 11.8. The number of halogens is 3. The lowest BCUT2D eigenvalue weighted by molar-refractivity contribution is -0.137. The number of hydrogen-bond acceptors (Lipinski definition) is 2. The highest BCUT2D eigenvalue weighted by Gasteiger charge is 2.30. The van der Waals surface area contributed by atoms with Crippen molar-refractivity contribution in [1.82, 2.24) is 0 Å². The van der Waals surface area contributed by atoms with Gasteiger partial charge in [0, 0.05) is 5.69 Å². The molecule has 0 bridgehead atoms. The fraction of sp³-hybridized carbons (Fsp3) is 0.0714. The average Bonchev–Trinajstić information content (AvgIpc) is 2.38. The monoisotopic (exact) mass is 281 g/mol. The molecule has 2 aromatic rings. The number of nitrogens with one attached hydrogen (secondary N) is 1. The van der Waals surface area contributed by atoms with E-state index in [2.05, 4.69) is 5.32 Å². The van der Waals surface area contributed by atoms with Crippen molar-refractivity contribution in [1.29, 1.82) is 0 Å². The lowest BCUT2D eigenvalue weighted by atomic mass is 10.1. The molecule has 0 aliphatic heterocycles. The minimum absolute atomic E-state index is 0.00748. The molecule has 0 aromatic heterocycles. The predicted octanol–water partition coefficient (Wildman–Crippen LogP) is 3.66. The summed E-state index contributed by atoms with van der Waals surface area (Å²) in [5.74, 6) is -0.917. The van der Waals surface area contributed by atoms with Crippen LogP contribution in [-0.4, -0.2) is 11.0 Å². The summed E-state index contributed by atoms with van der Waals surface area (Å²) in [6.07, 6.45) is -4.48. The standard InChI is InChI=1S/C14H10F3NO2/c15-14(16,17)9-4-3-5-10(8-9)18-13(20)11-6-1-2-7-12(11)19/h1-8,19H,(H,18,20). The van der Waals surface area contributed by atoms with Gasteiger partial charge in [-0.25, -0.2) is 0 Å². The number of benzene rings is 2. The maximum absolute atomic E-state index is 12.5. The van der Waals surface area contributed by atoms with Crippen molar-refractivity contribution in [3.8, 4) is 5.75 Å². The van der Waals surface area contributed by atoms with Crippen LogP contribution in [-0.2, 0) is 6.18 Å². The van der Waals surface area contributed by atoms with Gasteiger partial charge in [0.05, 0.1) is 11.1 Å². The van der Waals surface area contributed by atoms with E-state index in [-0.39, 0.29) is 17.0 Å². The lowest BCUT2D eigenvalue weighted by Gasteiger charge is -2.10. The second-order valence-electron chi connectivity index (χ2n) is 4.05. The maximum Gasteiger partial charge on any atom is 0.416 e. The van der Waals surface area contributed by atoms with Crippen LogP contribution in [0.3, 0.4) is 0 Å². The topological polar surface area (TPSA) is 49.3 Å². The highest BCUT2D eigenvalue weighted by molar-refractivity contribution is 6.06. The molecule has 0 spiro atoms. The van der Waals surface area contributed by atoms with E-state index in [0.717, 1.165) is 12.1 Å². The number of alkyl halides is 3. The first-order valence-corrected chi connectivity index (χ1v) is 5.64.